The van der Waals surface area contributed by atoms with Gasteiger partial charge in [-0.3, -0.25) is 0 Å². The van der Waals surface area contributed by atoms with Crippen LogP contribution in [0.3, 0.4) is 0 Å². The molecule has 0 amide bonds. The van der Waals surface area contributed by atoms with Crippen LogP contribution in [0.5, 0.6) is 0 Å². The largest absolute Gasteiger partial charge is 0.372 e. The lowest BCUT2D eigenvalue weighted by Crippen LogP contribution is -2.46. The first-order chi connectivity index (χ1) is 9.47. The van der Waals surface area contributed by atoms with E-state index in [1.807, 2.05) is 32.6 Å². The van der Waals surface area contributed by atoms with Crippen LogP contribution in [0.4, 0.5) is 10.2 Å². The van der Waals surface area contributed by atoms with Crippen molar-refractivity contribution in [1.82, 2.24) is 10.3 Å². The summed E-state index contributed by atoms with van der Waals surface area (Å²) in [6, 6.07) is 2.07. The van der Waals surface area contributed by atoms with Gasteiger partial charge < -0.3 is 15.0 Å². The molecule has 0 aromatic carbocycles. The van der Waals surface area contributed by atoms with Crippen LogP contribution in [0.15, 0.2) is 12.3 Å². The summed E-state index contributed by atoms with van der Waals surface area (Å²) < 4.78 is 20.3. The average molecular weight is 281 g/mol. The van der Waals surface area contributed by atoms with E-state index < -0.39 is 0 Å². The van der Waals surface area contributed by atoms with Gasteiger partial charge in [0.05, 0.1) is 12.2 Å². The SMILES string of the molecule is CC(C)NCc1ccnc(N2CC(C)OC(C)C2)c1F. The van der Waals surface area contributed by atoms with Gasteiger partial charge in [0.1, 0.15) is 0 Å². The molecule has 0 bridgehead atoms. The molecular weight excluding hydrogens is 257 g/mol. The van der Waals surface area contributed by atoms with E-state index in [-0.39, 0.29) is 18.0 Å². The molecule has 1 aromatic rings. The molecule has 0 spiro atoms. The Balaban J connectivity index is 2.17. The predicted octanol–water partition coefficient (Wildman–Crippen LogP) is 2.33. The number of anilines is 1. The highest BCUT2D eigenvalue weighted by Crippen LogP contribution is 2.23. The number of morpholine rings is 1. The van der Waals surface area contributed by atoms with E-state index in [0.29, 0.717) is 37.1 Å². The quantitative estimate of drug-likeness (QED) is 0.919. The summed E-state index contributed by atoms with van der Waals surface area (Å²) in [6.07, 6.45) is 1.87. The van der Waals surface area contributed by atoms with Crippen LogP contribution < -0.4 is 10.2 Å². The van der Waals surface area contributed by atoms with E-state index in [4.69, 9.17) is 4.74 Å². The van der Waals surface area contributed by atoms with Crippen molar-refractivity contribution in [1.29, 1.82) is 0 Å². The van der Waals surface area contributed by atoms with Gasteiger partial charge in [0, 0.05) is 37.4 Å². The number of nitrogens with one attached hydrogen (secondary N) is 1. The van der Waals surface area contributed by atoms with Crippen molar-refractivity contribution in [2.75, 3.05) is 18.0 Å². The van der Waals surface area contributed by atoms with Gasteiger partial charge in [0.25, 0.3) is 0 Å². The summed E-state index contributed by atoms with van der Waals surface area (Å²) in [5, 5.41) is 3.24. The smallest absolute Gasteiger partial charge is 0.170 e. The third-order valence-corrected chi connectivity index (χ3v) is 3.37. The summed E-state index contributed by atoms with van der Waals surface area (Å²) in [5.74, 6) is 0.219. The lowest BCUT2D eigenvalue weighted by atomic mass is 10.2. The first-order valence-corrected chi connectivity index (χ1v) is 7.24. The second kappa shape index (κ2) is 6.50. The summed E-state index contributed by atoms with van der Waals surface area (Å²) >= 11 is 0. The number of halogens is 1. The lowest BCUT2D eigenvalue weighted by Gasteiger charge is -2.36. The fraction of sp³-hybridized carbons (Fsp3) is 0.667. The van der Waals surface area contributed by atoms with Gasteiger partial charge in [-0.15, -0.1) is 0 Å². The van der Waals surface area contributed by atoms with Crippen LogP contribution in [-0.4, -0.2) is 36.3 Å². The Morgan fingerprint density at radius 2 is 2.05 bits per heavy atom. The first kappa shape index (κ1) is 15.2. The Hall–Kier alpha value is -1.20. The molecule has 1 aromatic heterocycles. The van der Waals surface area contributed by atoms with Crippen molar-refractivity contribution < 1.29 is 9.13 Å². The van der Waals surface area contributed by atoms with Gasteiger partial charge in [0.15, 0.2) is 11.6 Å². The first-order valence-electron chi connectivity index (χ1n) is 7.24. The van der Waals surface area contributed by atoms with E-state index in [2.05, 4.69) is 10.3 Å². The maximum Gasteiger partial charge on any atom is 0.170 e. The molecule has 0 saturated carbocycles. The minimum atomic E-state index is -0.220. The fourth-order valence-electron chi connectivity index (χ4n) is 2.49. The zero-order valence-corrected chi connectivity index (χ0v) is 12.7. The summed E-state index contributed by atoms with van der Waals surface area (Å²) in [6.45, 7) is 9.98. The van der Waals surface area contributed by atoms with Gasteiger partial charge in [-0.05, 0) is 19.9 Å². The minimum Gasteiger partial charge on any atom is -0.372 e. The Bertz CT molecular complexity index is 443. The Morgan fingerprint density at radius 1 is 1.40 bits per heavy atom. The number of hydrogen-bond acceptors (Lipinski definition) is 4. The molecule has 5 heteroatoms. The number of ether oxygens (including phenoxy) is 1. The summed E-state index contributed by atoms with van der Waals surface area (Å²) in [4.78, 5) is 6.21. The average Bonchev–Trinajstić information content (AvgIpc) is 2.36. The molecular formula is C15H24FN3O. The van der Waals surface area contributed by atoms with Crippen LogP contribution >= 0.6 is 0 Å². The highest BCUT2D eigenvalue weighted by Gasteiger charge is 2.25. The van der Waals surface area contributed by atoms with Crippen molar-refractivity contribution in [3.8, 4) is 0 Å². The Labute approximate surface area is 120 Å². The van der Waals surface area contributed by atoms with Crippen LogP contribution in [0, 0.1) is 5.82 Å². The molecule has 20 heavy (non-hydrogen) atoms. The predicted molar refractivity (Wildman–Crippen MR) is 78.4 cm³/mol. The molecule has 112 valence electrons. The third kappa shape index (κ3) is 3.67. The normalized spacial score (nSPS) is 23.4. The van der Waals surface area contributed by atoms with E-state index in [1.165, 1.54) is 0 Å². The fourth-order valence-corrected chi connectivity index (χ4v) is 2.49. The van der Waals surface area contributed by atoms with Gasteiger partial charge >= 0.3 is 0 Å². The molecule has 1 fully saturated rings. The zero-order chi connectivity index (χ0) is 14.7. The molecule has 1 aliphatic rings. The number of pyridine rings is 1. The standard InChI is InChI=1S/C15H24FN3O/c1-10(2)18-7-13-5-6-17-15(14(13)16)19-8-11(3)20-12(4)9-19/h5-6,10-12,18H,7-9H2,1-4H3. The molecule has 2 unspecified atom stereocenters. The van der Waals surface area contributed by atoms with Gasteiger partial charge in [-0.25, -0.2) is 9.37 Å². The van der Waals surface area contributed by atoms with E-state index in [9.17, 15) is 4.39 Å². The zero-order valence-electron chi connectivity index (χ0n) is 12.7. The molecule has 1 N–H and O–H groups in total. The summed E-state index contributed by atoms with van der Waals surface area (Å²) in [5.41, 5.74) is 0.662. The third-order valence-electron chi connectivity index (χ3n) is 3.37. The van der Waals surface area contributed by atoms with E-state index in [0.717, 1.165) is 0 Å². The molecule has 2 atom stereocenters. The van der Waals surface area contributed by atoms with Crippen molar-refractivity contribution in [2.24, 2.45) is 0 Å². The second-order valence-corrected chi connectivity index (χ2v) is 5.81. The van der Waals surface area contributed by atoms with Gasteiger partial charge in [-0.2, -0.15) is 0 Å². The van der Waals surface area contributed by atoms with E-state index in [1.54, 1.807) is 12.3 Å². The van der Waals surface area contributed by atoms with Crippen molar-refractivity contribution in [3.05, 3.63) is 23.6 Å². The van der Waals surface area contributed by atoms with Crippen LogP contribution in [0.2, 0.25) is 0 Å². The van der Waals surface area contributed by atoms with Crippen molar-refractivity contribution >= 4 is 5.82 Å². The van der Waals surface area contributed by atoms with Gasteiger partial charge in [-0.1, -0.05) is 13.8 Å². The minimum absolute atomic E-state index is 0.0948. The lowest BCUT2D eigenvalue weighted by molar-refractivity contribution is -0.00566. The molecule has 2 heterocycles. The highest BCUT2D eigenvalue weighted by molar-refractivity contribution is 5.43. The number of rotatable bonds is 4. The number of hydrogen-bond donors (Lipinski definition) is 1. The second-order valence-electron chi connectivity index (χ2n) is 5.81. The molecule has 2 rings (SSSR count). The Kier molecular flexibility index (Phi) is 4.94. The van der Waals surface area contributed by atoms with Crippen molar-refractivity contribution in [2.45, 2.75) is 52.5 Å². The molecule has 1 aliphatic heterocycles. The topological polar surface area (TPSA) is 37.4 Å². The maximum absolute atomic E-state index is 14.6. The van der Waals surface area contributed by atoms with Crippen LogP contribution in [0.25, 0.3) is 0 Å². The van der Waals surface area contributed by atoms with Gasteiger partial charge in [0.2, 0.25) is 0 Å². The number of nitrogens with zero attached hydrogens (tertiary/aromatic N) is 2. The monoisotopic (exact) mass is 281 g/mol. The molecule has 0 radical (unpaired) electrons. The van der Waals surface area contributed by atoms with Crippen LogP contribution in [0.1, 0.15) is 33.3 Å². The molecule has 0 aliphatic carbocycles. The summed E-state index contributed by atoms with van der Waals surface area (Å²) in [7, 11) is 0. The number of aromatic nitrogens is 1. The van der Waals surface area contributed by atoms with Crippen molar-refractivity contribution in [3.63, 3.8) is 0 Å². The van der Waals surface area contributed by atoms with E-state index >= 15 is 0 Å². The Morgan fingerprint density at radius 3 is 2.65 bits per heavy atom. The molecule has 1 saturated heterocycles. The van der Waals surface area contributed by atoms with Crippen LogP contribution in [-0.2, 0) is 11.3 Å². The maximum atomic E-state index is 14.6. The molecule has 4 nitrogen and oxygen atoms in total. The highest BCUT2D eigenvalue weighted by atomic mass is 19.1.